The average molecular weight is 488 g/mol. The first-order valence-electron chi connectivity index (χ1n) is 12.0. The number of hydrogen-bond acceptors (Lipinski definition) is 5. The number of hydrogen-bond donors (Lipinski definition) is 1. The minimum atomic E-state index is -0.220. The summed E-state index contributed by atoms with van der Waals surface area (Å²) in [4.78, 5) is 31.7. The van der Waals surface area contributed by atoms with E-state index < -0.39 is 0 Å². The minimum Gasteiger partial charge on any atom is -0.486 e. The van der Waals surface area contributed by atoms with E-state index in [9.17, 15) is 9.59 Å². The average Bonchev–Trinajstić information content (AvgIpc) is 3.62. The number of ether oxygens (including phenoxy) is 1. The van der Waals surface area contributed by atoms with Gasteiger partial charge in [0.25, 0.3) is 5.91 Å². The van der Waals surface area contributed by atoms with Crippen molar-refractivity contribution in [2.45, 2.75) is 38.8 Å². The smallest absolute Gasteiger partial charge is 0.271 e. The van der Waals surface area contributed by atoms with Gasteiger partial charge in [-0.05, 0) is 55.0 Å². The second kappa shape index (κ2) is 10.0. The largest absolute Gasteiger partial charge is 0.486 e. The van der Waals surface area contributed by atoms with Crippen molar-refractivity contribution < 1.29 is 14.3 Å². The van der Waals surface area contributed by atoms with Crippen LogP contribution in [0.3, 0.4) is 0 Å². The molecular formula is C28H29N3O3S. The standard InChI is InChI=1S/C28H29N3O3S/c1-3-13-29-27(32)24-17-35-25(30-24)16-34-22-11-10-19-12-14-31(28(33)21-8-9-21)26(23(19)15-22)20-6-4-18(2)5-7-20/h3-7,10-11,15,17,21,26H,1,8-9,12-14,16H2,2H3,(H,29,32). The number of aryl methyl sites for hydroxylation is 1. The number of rotatable bonds is 8. The Hall–Kier alpha value is -3.45. The van der Waals surface area contributed by atoms with E-state index in [2.05, 4.69) is 65.1 Å². The maximum Gasteiger partial charge on any atom is 0.271 e. The molecule has 7 heteroatoms. The summed E-state index contributed by atoms with van der Waals surface area (Å²) in [5.41, 5.74) is 5.07. The third-order valence-corrected chi connectivity index (χ3v) is 7.32. The molecule has 3 aromatic rings. The van der Waals surface area contributed by atoms with Gasteiger partial charge in [-0.1, -0.05) is 42.0 Å². The zero-order valence-electron chi connectivity index (χ0n) is 19.8. The lowest BCUT2D eigenvalue weighted by Gasteiger charge is -2.38. The van der Waals surface area contributed by atoms with Crippen LogP contribution < -0.4 is 10.1 Å². The fourth-order valence-corrected chi connectivity index (χ4v) is 5.16. The second-order valence-corrected chi connectivity index (χ2v) is 10.1. The van der Waals surface area contributed by atoms with Gasteiger partial charge in [-0.25, -0.2) is 4.98 Å². The maximum atomic E-state index is 13.2. The fraction of sp³-hybridized carbons (Fsp3) is 0.321. The van der Waals surface area contributed by atoms with E-state index in [1.165, 1.54) is 22.5 Å². The lowest BCUT2D eigenvalue weighted by molar-refractivity contribution is -0.134. The number of thiazole rings is 1. The summed E-state index contributed by atoms with van der Waals surface area (Å²) >= 11 is 1.40. The molecule has 0 saturated heterocycles. The molecule has 0 radical (unpaired) electrons. The van der Waals surface area contributed by atoms with Crippen LogP contribution in [-0.2, 0) is 17.8 Å². The van der Waals surface area contributed by atoms with Crippen LogP contribution in [0.4, 0.5) is 0 Å². The molecule has 35 heavy (non-hydrogen) atoms. The highest BCUT2D eigenvalue weighted by molar-refractivity contribution is 7.09. The van der Waals surface area contributed by atoms with Crippen LogP contribution in [0.2, 0.25) is 0 Å². The summed E-state index contributed by atoms with van der Waals surface area (Å²) in [5.74, 6) is 0.946. The molecule has 1 aliphatic carbocycles. The summed E-state index contributed by atoms with van der Waals surface area (Å²) in [6, 6.07) is 14.5. The molecule has 5 rings (SSSR count). The van der Waals surface area contributed by atoms with E-state index in [1.807, 2.05) is 6.07 Å². The van der Waals surface area contributed by atoms with Gasteiger partial charge in [-0.3, -0.25) is 9.59 Å². The first-order valence-corrected chi connectivity index (χ1v) is 12.9. The number of benzene rings is 2. The zero-order valence-corrected chi connectivity index (χ0v) is 20.6. The molecular weight excluding hydrogens is 458 g/mol. The number of aromatic nitrogens is 1. The third-order valence-electron chi connectivity index (χ3n) is 6.50. The highest BCUT2D eigenvalue weighted by atomic mass is 32.1. The van der Waals surface area contributed by atoms with Crippen molar-refractivity contribution in [1.29, 1.82) is 0 Å². The van der Waals surface area contributed by atoms with Crippen molar-refractivity contribution in [3.63, 3.8) is 0 Å². The van der Waals surface area contributed by atoms with Gasteiger partial charge in [0.15, 0.2) is 0 Å². The molecule has 1 unspecified atom stereocenters. The summed E-state index contributed by atoms with van der Waals surface area (Å²) in [6.45, 7) is 7.09. The monoisotopic (exact) mass is 487 g/mol. The Morgan fingerprint density at radius 3 is 2.77 bits per heavy atom. The van der Waals surface area contributed by atoms with Crippen molar-refractivity contribution in [3.8, 4) is 5.75 Å². The number of fused-ring (bicyclic) bond motifs is 1. The second-order valence-electron chi connectivity index (χ2n) is 9.14. The maximum absolute atomic E-state index is 13.2. The highest BCUT2D eigenvalue weighted by Crippen LogP contribution is 2.41. The van der Waals surface area contributed by atoms with Crippen molar-refractivity contribution >= 4 is 23.2 Å². The van der Waals surface area contributed by atoms with Gasteiger partial charge >= 0.3 is 0 Å². The van der Waals surface area contributed by atoms with Gasteiger partial charge in [0.2, 0.25) is 5.91 Å². The van der Waals surface area contributed by atoms with E-state index in [-0.39, 0.29) is 30.4 Å². The van der Waals surface area contributed by atoms with Gasteiger partial charge in [0.05, 0.1) is 6.04 Å². The molecule has 1 fully saturated rings. The lowest BCUT2D eigenvalue weighted by atomic mass is 9.87. The first kappa shape index (κ1) is 23.3. The summed E-state index contributed by atoms with van der Waals surface area (Å²) < 4.78 is 6.09. The van der Waals surface area contributed by atoms with E-state index in [0.717, 1.165) is 47.7 Å². The Morgan fingerprint density at radius 1 is 1.23 bits per heavy atom. The van der Waals surface area contributed by atoms with Crippen LogP contribution in [0.15, 0.2) is 60.5 Å². The number of nitrogens with one attached hydrogen (secondary N) is 1. The Labute approximate surface area is 209 Å². The molecule has 2 amide bonds. The van der Waals surface area contributed by atoms with Gasteiger partial charge in [-0.2, -0.15) is 0 Å². The Morgan fingerprint density at radius 2 is 2.03 bits per heavy atom. The topological polar surface area (TPSA) is 71.5 Å². The number of carbonyl (C=O) groups excluding carboxylic acids is 2. The molecule has 180 valence electrons. The van der Waals surface area contributed by atoms with E-state index >= 15 is 0 Å². The molecule has 2 aliphatic rings. The number of nitrogens with zero attached hydrogens (tertiary/aromatic N) is 2. The molecule has 6 nitrogen and oxygen atoms in total. The molecule has 2 heterocycles. The van der Waals surface area contributed by atoms with Crippen LogP contribution >= 0.6 is 11.3 Å². The molecule has 2 aromatic carbocycles. The van der Waals surface area contributed by atoms with Gasteiger partial charge < -0.3 is 15.0 Å². The van der Waals surface area contributed by atoms with Crippen LogP contribution in [0.25, 0.3) is 0 Å². The van der Waals surface area contributed by atoms with Crippen molar-refractivity contribution in [1.82, 2.24) is 15.2 Å². The molecule has 0 bridgehead atoms. The number of amides is 2. The zero-order chi connectivity index (χ0) is 24.4. The van der Waals surface area contributed by atoms with E-state index in [4.69, 9.17) is 4.74 Å². The molecule has 1 aromatic heterocycles. The summed E-state index contributed by atoms with van der Waals surface area (Å²) in [6.07, 6.45) is 4.46. The van der Waals surface area contributed by atoms with Crippen molar-refractivity contribution in [2.75, 3.05) is 13.1 Å². The lowest BCUT2D eigenvalue weighted by Crippen LogP contribution is -2.41. The normalized spacial score (nSPS) is 16.9. The van der Waals surface area contributed by atoms with Crippen LogP contribution in [0.5, 0.6) is 5.75 Å². The van der Waals surface area contributed by atoms with Crippen molar-refractivity contribution in [2.24, 2.45) is 5.92 Å². The Bertz CT molecular complexity index is 1250. The van der Waals surface area contributed by atoms with Gasteiger partial charge in [0.1, 0.15) is 23.1 Å². The predicted octanol–water partition coefficient (Wildman–Crippen LogP) is 4.83. The molecule has 1 aliphatic heterocycles. The molecule has 1 N–H and O–H groups in total. The van der Waals surface area contributed by atoms with E-state index in [0.29, 0.717) is 12.2 Å². The molecule has 1 atom stereocenters. The van der Waals surface area contributed by atoms with E-state index in [1.54, 1.807) is 11.5 Å². The predicted molar refractivity (Wildman–Crippen MR) is 137 cm³/mol. The Kier molecular flexibility index (Phi) is 6.68. The van der Waals surface area contributed by atoms with Crippen molar-refractivity contribution in [3.05, 3.63) is 93.5 Å². The fourth-order valence-electron chi connectivity index (χ4n) is 4.48. The first-order chi connectivity index (χ1) is 17.0. The molecule has 1 saturated carbocycles. The SMILES string of the molecule is C=CCNC(=O)c1csc(COc2ccc3c(c2)C(c2ccc(C)cc2)N(C(=O)C2CC2)CC3)n1. The summed E-state index contributed by atoms with van der Waals surface area (Å²) in [7, 11) is 0. The van der Waals surface area contributed by atoms with Crippen LogP contribution in [-0.4, -0.2) is 34.8 Å². The third kappa shape index (κ3) is 5.15. The molecule has 0 spiro atoms. The number of carbonyl (C=O) groups is 2. The highest BCUT2D eigenvalue weighted by Gasteiger charge is 2.39. The Balaban J connectivity index is 1.37. The van der Waals surface area contributed by atoms with Crippen LogP contribution in [0.1, 0.15) is 56.6 Å². The quantitative estimate of drug-likeness (QED) is 0.462. The summed E-state index contributed by atoms with van der Waals surface area (Å²) in [5, 5.41) is 5.20. The van der Waals surface area contributed by atoms with Gasteiger partial charge in [0, 0.05) is 24.4 Å². The van der Waals surface area contributed by atoms with Gasteiger partial charge in [-0.15, -0.1) is 17.9 Å². The van der Waals surface area contributed by atoms with Crippen LogP contribution in [0, 0.1) is 12.8 Å². The minimum absolute atomic E-state index is 0.115.